The van der Waals surface area contributed by atoms with Crippen molar-refractivity contribution in [3.8, 4) is 11.1 Å². The van der Waals surface area contributed by atoms with E-state index in [1.165, 1.54) is 135 Å². The first-order valence-corrected chi connectivity index (χ1v) is 22.1. The molecule has 2 aromatic carbocycles. The number of carbonyl (C=O) groups excluding carboxylic acids is 1. The molecule has 0 fully saturated rings. The molecule has 0 spiro atoms. The summed E-state index contributed by atoms with van der Waals surface area (Å²) in [5.74, 6) is -0.357. The maximum atomic E-state index is 13.3. The van der Waals surface area contributed by atoms with Crippen molar-refractivity contribution in [3.05, 3.63) is 60.2 Å². The highest BCUT2D eigenvalue weighted by molar-refractivity contribution is 5.85. The predicted octanol–water partition coefficient (Wildman–Crippen LogP) is 12.5. The topological polar surface area (TPSA) is 96.9 Å². The van der Waals surface area contributed by atoms with Crippen LogP contribution in [0.1, 0.15) is 174 Å². The molecule has 3 N–H and O–H groups in total. The number of benzene rings is 2. The Kier molecular flexibility index (Phi) is 29.3. The van der Waals surface area contributed by atoms with Gasteiger partial charge < -0.3 is 25.2 Å². The van der Waals surface area contributed by atoms with E-state index in [1.54, 1.807) is 0 Å². The van der Waals surface area contributed by atoms with Crippen molar-refractivity contribution in [1.82, 2.24) is 10.6 Å². The second kappa shape index (κ2) is 33.4. The fraction of sp³-hybridized carbons (Fsp3) is 0.702. The van der Waals surface area contributed by atoms with E-state index >= 15 is 0 Å². The number of carbonyl (C=O) groups is 2. The third-order valence-corrected chi connectivity index (χ3v) is 10.4. The number of hydrogen-bond donors (Lipinski definition) is 3. The van der Waals surface area contributed by atoms with Crippen LogP contribution in [0.4, 0.5) is 4.79 Å². The molecule has 0 aromatic heterocycles. The summed E-state index contributed by atoms with van der Waals surface area (Å²) in [4.78, 5) is 25.0. The fourth-order valence-electron chi connectivity index (χ4n) is 7.01. The van der Waals surface area contributed by atoms with Gasteiger partial charge in [-0.1, -0.05) is 210 Å². The maximum Gasteiger partial charge on any atom is 0.405 e. The van der Waals surface area contributed by atoms with Gasteiger partial charge >= 0.3 is 6.09 Å². The molecule has 0 heterocycles. The van der Waals surface area contributed by atoms with Gasteiger partial charge in [0.05, 0.1) is 12.7 Å². The van der Waals surface area contributed by atoms with Gasteiger partial charge in [-0.2, -0.15) is 0 Å². The molecule has 0 saturated carbocycles. The van der Waals surface area contributed by atoms with Gasteiger partial charge in [0.15, 0.2) is 0 Å². The Morgan fingerprint density at radius 2 is 1.02 bits per heavy atom. The monoisotopic (exact) mass is 751 g/mol. The van der Waals surface area contributed by atoms with Crippen molar-refractivity contribution in [2.75, 3.05) is 26.4 Å². The lowest BCUT2D eigenvalue weighted by atomic mass is 10.0. The Labute approximate surface area is 330 Å². The molecule has 306 valence electrons. The molecule has 0 radical (unpaired) electrons. The fourth-order valence-corrected chi connectivity index (χ4v) is 7.01. The van der Waals surface area contributed by atoms with Crippen molar-refractivity contribution in [1.29, 1.82) is 0 Å². The van der Waals surface area contributed by atoms with Gasteiger partial charge in [0.1, 0.15) is 6.04 Å². The van der Waals surface area contributed by atoms with Gasteiger partial charge in [0.25, 0.3) is 0 Å². The van der Waals surface area contributed by atoms with E-state index in [1.807, 2.05) is 42.5 Å². The van der Waals surface area contributed by atoms with Crippen molar-refractivity contribution in [2.45, 2.75) is 187 Å². The number of hydrogen-bond acceptors (Lipinski definition) is 4. The first-order chi connectivity index (χ1) is 26.5. The molecule has 0 aliphatic heterocycles. The van der Waals surface area contributed by atoms with Crippen LogP contribution in [0, 0.1) is 0 Å². The number of carboxylic acid groups (broad SMARTS) is 1. The van der Waals surface area contributed by atoms with E-state index in [4.69, 9.17) is 9.47 Å². The zero-order valence-corrected chi connectivity index (χ0v) is 34.4. The molecule has 0 saturated heterocycles. The summed E-state index contributed by atoms with van der Waals surface area (Å²) in [5, 5.41) is 14.9. The molecule has 2 aromatic rings. The van der Waals surface area contributed by atoms with Crippen molar-refractivity contribution < 1.29 is 24.2 Å². The summed E-state index contributed by atoms with van der Waals surface area (Å²) in [6.07, 6.45) is 29.9. The smallest absolute Gasteiger partial charge is 0.405 e. The lowest BCUT2D eigenvalue weighted by Gasteiger charge is -2.22. The van der Waals surface area contributed by atoms with Gasteiger partial charge in [-0.05, 0) is 29.5 Å². The molecule has 7 nitrogen and oxygen atoms in total. The van der Waals surface area contributed by atoms with Crippen LogP contribution in [-0.4, -0.2) is 55.6 Å². The standard InChI is InChI=1S/C47H78N2O5/c1-3-5-7-9-11-13-15-17-19-21-23-28-36-53-40-44(54-37-29-24-22-20-18-16-14-12-10-8-6-4-2)39-48-46(50)45(49-47(51)52)38-41-32-34-43(35-33-41)42-30-26-25-27-31-42/h25-27,30-35,44-45,49H,3-24,28-29,36-40H2,1-2H3,(H,48,50)(H,51,52)/t44?,45-/m1/s1. The lowest BCUT2D eigenvalue weighted by molar-refractivity contribution is -0.124. The summed E-state index contributed by atoms with van der Waals surface area (Å²) in [7, 11) is 0. The maximum absolute atomic E-state index is 13.3. The second-order valence-corrected chi connectivity index (χ2v) is 15.4. The Morgan fingerprint density at radius 3 is 1.50 bits per heavy atom. The summed E-state index contributed by atoms with van der Waals surface area (Å²) < 4.78 is 12.3. The lowest BCUT2D eigenvalue weighted by Crippen LogP contribution is -2.49. The molecule has 0 bridgehead atoms. The minimum absolute atomic E-state index is 0.257. The number of amides is 2. The molecular formula is C47H78N2O5. The van der Waals surface area contributed by atoms with Crippen LogP contribution in [-0.2, 0) is 20.7 Å². The first-order valence-electron chi connectivity index (χ1n) is 22.1. The summed E-state index contributed by atoms with van der Waals surface area (Å²) in [6.45, 7) is 6.54. The van der Waals surface area contributed by atoms with Crippen LogP contribution in [0.2, 0.25) is 0 Å². The first kappa shape index (κ1) is 47.3. The summed E-state index contributed by atoms with van der Waals surface area (Å²) in [5.41, 5.74) is 3.06. The van der Waals surface area contributed by atoms with Gasteiger partial charge in [-0.25, -0.2) is 4.79 Å². The molecule has 54 heavy (non-hydrogen) atoms. The van der Waals surface area contributed by atoms with E-state index in [0.29, 0.717) is 19.8 Å². The van der Waals surface area contributed by atoms with Crippen LogP contribution in [0.3, 0.4) is 0 Å². The zero-order chi connectivity index (χ0) is 38.7. The highest BCUT2D eigenvalue weighted by Gasteiger charge is 2.22. The van der Waals surface area contributed by atoms with Crippen LogP contribution in [0.5, 0.6) is 0 Å². The van der Waals surface area contributed by atoms with E-state index < -0.39 is 12.1 Å². The van der Waals surface area contributed by atoms with Gasteiger partial charge in [0, 0.05) is 26.2 Å². The zero-order valence-electron chi connectivity index (χ0n) is 34.4. The molecule has 1 unspecified atom stereocenters. The highest BCUT2D eigenvalue weighted by Crippen LogP contribution is 2.20. The van der Waals surface area contributed by atoms with Crippen molar-refractivity contribution in [2.24, 2.45) is 0 Å². The molecule has 0 aliphatic rings. The number of nitrogens with one attached hydrogen (secondary N) is 2. The Balaban J connectivity index is 1.76. The second-order valence-electron chi connectivity index (χ2n) is 15.4. The SMILES string of the molecule is CCCCCCCCCCCCCCOCC(CNC(=O)[C@@H](Cc1ccc(-c2ccccc2)cc1)NC(=O)O)OCCCCCCCCCCCCCC. The van der Waals surface area contributed by atoms with Gasteiger partial charge in [-0.3, -0.25) is 4.79 Å². The normalized spacial score (nSPS) is 12.4. The van der Waals surface area contributed by atoms with E-state index in [-0.39, 0.29) is 25.0 Å². The third-order valence-electron chi connectivity index (χ3n) is 10.4. The molecule has 7 heteroatoms. The summed E-state index contributed by atoms with van der Waals surface area (Å²) in [6, 6.07) is 17.1. The van der Waals surface area contributed by atoms with Crippen LogP contribution >= 0.6 is 0 Å². The number of rotatable bonds is 36. The van der Waals surface area contributed by atoms with Crippen molar-refractivity contribution >= 4 is 12.0 Å². The third kappa shape index (κ3) is 25.2. The Morgan fingerprint density at radius 1 is 0.574 bits per heavy atom. The van der Waals surface area contributed by atoms with Crippen LogP contribution in [0.25, 0.3) is 11.1 Å². The van der Waals surface area contributed by atoms with Gasteiger partial charge in [-0.15, -0.1) is 0 Å². The quantitative estimate of drug-likeness (QED) is 0.0603. The minimum Gasteiger partial charge on any atom is -0.465 e. The number of ether oxygens (including phenoxy) is 2. The minimum atomic E-state index is -1.22. The largest absolute Gasteiger partial charge is 0.465 e. The molecule has 2 amide bonds. The molecule has 2 atom stereocenters. The highest BCUT2D eigenvalue weighted by atomic mass is 16.5. The van der Waals surface area contributed by atoms with Crippen LogP contribution < -0.4 is 10.6 Å². The Bertz CT molecular complexity index is 1160. The molecule has 2 rings (SSSR count). The average molecular weight is 751 g/mol. The van der Waals surface area contributed by atoms with Crippen molar-refractivity contribution in [3.63, 3.8) is 0 Å². The van der Waals surface area contributed by atoms with Gasteiger partial charge in [0.2, 0.25) is 5.91 Å². The van der Waals surface area contributed by atoms with E-state index in [2.05, 4.69) is 36.6 Å². The molecule has 0 aliphatic carbocycles. The number of unbranched alkanes of at least 4 members (excludes halogenated alkanes) is 22. The average Bonchev–Trinajstić information content (AvgIpc) is 3.18. The van der Waals surface area contributed by atoms with E-state index in [0.717, 1.165) is 36.0 Å². The van der Waals surface area contributed by atoms with Crippen LogP contribution in [0.15, 0.2) is 54.6 Å². The Hall–Kier alpha value is -2.90. The summed E-state index contributed by atoms with van der Waals surface area (Å²) >= 11 is 0. The predicted molar refractivity (Wildman–Crippen MR) is 226 cm³/mol. The van der Waals surface area contributed by atoms with E-state index in [9.17, 15) is 14.7 Å². The molecular weight excluding hydrogens is 673 g/mol.